The Morgan fingerprint density at radius 2 is 2.00 bits per heavy atom. The highest BCUT2D eigenvalue weighted by Gasteiger charge is 2.33. The number of nitrogen functional groups attached to an aromatic ring is 1. The lowest BCUT2D eigenvalue weighted by Crippen LogP contribution is -2.17. The van der Waals surface area contributed by atoms with Gasteiger partial charge in [0.25, 0.3) is 6.01 Å². The van der Waals surface area contributed by atoms with Crippen LogP contribution in [0.15, 0.2) is 16.5 Å². The second-order valence-electron chi connectivity index (χ2n) is 4.12. The first-order chi connectivity index (χ1) is 8.26. The number of hydrogen-bond donors (Lipinski definition) is 1. The molecular weight excluding hydrogens is 249 g/mol. The molecular formula is C11H11F3N2O2. The minimum absolute atomic E-state index is 0.0305. The number of halogens is 3. The topological polar surface area (TPSA) is 61.3 Å². The van der Waals surface area contributed by atoms with E-state index in [1.165, 1.54) is 6.07 Å². The van der Waals surface area contributed by atoms with Crippen LogP contribution < -0.4 is 10.5 Å². The molecule has 0 radical (unpaired) electrons. The quantitative estimate of drug-likeness (QED) is 0.898. The van der Waals surface area contributed by atoms with Crippen LogP contribution in [-0.4, -0.2) is 11.3 Å². The van der Waals surface area contributed by atoms with Gasteiger partial charge in [-0.15, -0.1) is 13.2 Å². The zero-order valence-electron chi connectivity index (χ0n) is 9.71. The van der Waals surface area contributed by atoms with Gasteiger partial charge in [0.15, 0.2) is 11.3 Å². The normalized spacial score (nSPS) is 12.3. The lowest BCUT2D eigenvalue weighted by molar-refractivity contribution is -0.274. The fourth-order valence-corrected chi connectivity index (χ4v) is 1.57. The molecule has 0 aliphatic rings. The Morgan fingerprint density at radius 1 is 1.33 bits per heavy atom. The number of aromatic nitrogens is 1. The third kappa shape index (κ3) is 2.49. The predicted octanol–water partition coefficient (Wildman–Crippen LogP) is 3.43. The molecule has 0 saturated carbocycles. The molecule has 4 nitrogen and oxygen atoms in total. The maximum Gasteiger partial charge on any atom is 0.573 e. The van der Waals surface area contributed by atoms with Crippen molar-refractivity contribution in [1.29, 1.82) is 0 Å². The summed E-state index contributed by atoms with van der Waals surface area (Å²) in [4.78, 5) is 3.81. The van der Waals surface area contributed by atoms with Crippen molar-refractivity contribution >= 4 is 17.1 Å². The van der Waals surface area contributed by atoms with Gasteiger partial charge in [-0.2, -0.15) is 4.98 Å². The SMILES string of the molecule is CC(C)c1cc(OC(F)(F)F)c2oc(N)nc2c1. The fraction of sp³-hybridized carbons (Fsp3) is 0.364. The minimum atomic E-state index is -4.79. The number of fused-ring (bicyclic) bond motifs is 1. The molecule has 0 amide bonds. The molecule has 1 aromatic carbocycles. The first kappa shape index (κ1) is 12.5. The van der Waals surface area contributed by atoms with E-state index in [1.807, 2.05) is 13.8 Å². The van der Waals surface area contributed by atoms with E-state index in [-0.39, 0.29) is 23.0 Å². The fourth-order valence-electron chi connectivity index (χ4n) is 1.57. The highest BCUT2D eigenvalue weighted by molar-refractivity contribution is 5.81. The van der Waals surface area contributed by atoms with Crippen LogP contribution in [0.25, 0.3) is 11.1 Å². The number of nitrogens with two attached hydrogens (primary N) is 1. The maximum atomic E-state index is 12.3. The van der Waals surface area contributed by atoms with Gasteiger partial charge in [0.2, 0.25) is 0 Å². The second-order valence-corrected chi connectivity index (χ2v) is 4.12. The molecule has 0 aliphatic carbocycles. The first-order valence-corrected chi connectivity index (χ1v) is 5.22. The molecule has 2 rings (SSSR count). The van der Waals surface area contributed by atoms with Gasteiger partial charge in [0, 0.05) is 0 Å². The number of oxazole rings is 1. The van der Waals surface area contributed by atoms with E-state index in [9.17, 15) is 13.2 Å². The third-order valence-electron chi connectivity index (χ3n) is 2.39. The number of rotatable bonds is 2. The van der Waals surface area contributed by atoms with Gasteiger partial charge < -0.3 is 14.9 Å². The standard InChI is InChI=1S/C11H11F3N2O2/c1-5(2)6-3-7-9(17-10(15)16-7)8(4-6)18-11(12,13)14/h3-5H,1-2H3,(H2,15,16). The van der Waals surface area contributed by atoms with Crippen molar-refractivity contribution in [3.63, 3.8) is 0 Å². The van der Waals surface area contributed by atoms with Crippen molar-refractivity contribution in [1.82, 2.24) is 4.98 Å². The van der Waals surface area contributed by atoms with Gasteiger partial charge in [0.05, 0.1) is 0 Å². The van der Waals surface area contributed by atoms with Crippen molar-refractivity contribution in [3.05, 3.63) is 17.7 Å². The Balaban J connectivity index is 2.60. The Morgan fingerprint density at radius 3 is 2.56 bits per heavy atom. The summed E-state index contributed by atoms with van der Waals surface area (Å²) in [6.45, 7) is 3.70. The van der Waals surface area contributed by atoms with Crippen molar-refractivity contribution < 1.29 is 22.3 Å². The zero-order chi connectivity index (χ0) is 13.5. The molecule has 0 unspecified atom stereocenters. The van der Waals surface area contributed by atoms with Gasteiger partial charge in [-0.1, -0.05) is 13.8 Å². The molecule has 0 aliphatic heterocycles. The summed E-state index contributed by atoms with van der Waals surface area (Å²) < 4.78 is 45.7. The summed E-state index contributed by atoms with van der Waals surface area (Å²) in [5.41, 5.74) is 6.14. The number of hydrogen-bond acceptors (Lipinski definition) is 4. The van der Waals surface area contributed by atoms with Crippen molar-refractivity contribution in [2.75, 3.05) is 5.73 Å². The molecule has 1 aromatic heterocycles. The van der Waals surface area contributed by atoms with Crippen LogP contribution in [-0.2, 0) is 0 Å². The second kappa shape index (κ2) is 4.08. The van der Waals surface area contributed by atoms with E-state index in [0.717, 1.165) is 0 Å². The van der Waals surface area contributed by atoms with Gasteiger partial charge in [-0.3, -0.25) is 0 Å². The van der Waals surface area contributed by atoms with Crippen LogP contribution in [0.2, 0.25) is 0 Å². The van der Waals surface area contributed by atoms with Gasteiger partial charge in [-0.05, 0) is 23.6 Å². The molecule has 7 heteroatoms. The highest BCUT2D eigenvalue weighted by Crippen LogP contribution is 2.35. The maximum absolute atomic E-state index is 12.3. The van der Waals surface area contributed by atoms with E-state index in [0.29, 0.717) is 5.56 Å². The van der Waals surface area contributed by atoms with Crippen LogP contribution in [0.5, 0.6) is 5.75 Å². The molecule has 0 spiro atoms. The lowest BCUT2D eigenvalue weighted by atomic mass is 10.0. The third-order valence-corrected chi connectivity index (χ3v) is 2.39. The molecule has 2 N–H and O–H groups in total. The Kier molecular flexibility index (Phi) is 2.84. The highest BCUT2D eigenvalue weighted by atomic mass is 19.4. The summed E-state index contributed by atoms with van der Waals surface area (Å²) in [7, 11) is 0. The van der Waals surface area contributed by atoms with Crippen LogP contribution in [0.3, 0.4) is 0 Å². The molecule has 0 atom stereocenters. The summed E-state index contributed by atoms with van der Waals surface area (Å²) in [5.74, 6) is -0.393. The lowest BCUT2D eigenvalue weighted by Gasteiger charge is -2.11. The average molecular weight is 260 g/mol. The Labute approximate surface area is 101 Å². The number of benzene rings is 1. The van der Waals surface area contributed by atoms with Gasteiger partial charge >= 0.3 is 6.36 Å². The van der Waals surface area contributed by atoms with E-state index in [4.69, 9.17) is 10.2 Å². The molecule has 2 aromatic rings. The first-order valence-electron chi connectivity index (χ1n) is 5.22. The van der Waals surface area contributed by atoms with Crippen molar-refractivity contribution in [3.8, 4) is 5.75 Å². The molecule has 0 saturated heterocycles. The number of anilines is 1. The average Bonchev–Trinajstić information content (AvgIpc) is 2.56. The summed E-state index contributed by atoms with van der Waals surface area (Å²) in [6, 6.07) is 2.71. The number of alkyl halides is 3. The number of ether oxygens (including phenoxy) is 1. The summed E-state index contributed by atoms with van der Waals surface area (Å²) in [6.07, 6.45) is -4.79. The van der Waals surface area contributed by atoms with Crippen LogP contribution in [0, 0.1) is 0 Å². The summed E-state index contributed by atoms with van der Waals surface area (Å²) in [5, 5.41) is 0. The van der Waals surface area contributed by atoms with E-state index in [1.54, 1.807) is 6.07 Å². The Bertz CT molecular complexity index is 575. The molecule has 98 valence electrons. The Hall–Kier alpha value is -1.92. The number of nitrogens with zero attached hydrogens (tertiary/aromatic N) is 1. The molecule has 0 fully saturated rings. The minimum Gasteiger partial charge on any atom is -0.420 e. The molecule has 18 heavy (non-hydrogen) atoms. The van der Waals surface area contributed by atoms with Gasteiger partial charge in [0.1, 0.15) is 5.52 Å². The largest absolute Gasteiger partial charge is 0.573 e. The van der Waals surface area contributed by atoms with E-state index < -0.39 is 12.1 Å². The predicted molar refractivity (Wildman–Crippen MR) is 59.2 cm³/mol. The summed E-state index contributed by atoms with van der Waals surface area (Å²) >= 11 is 0. The van der Waals surface area contributed by atoms with E-state index >= 15 is 0 Å². The van der Waals surface area contributed by atoms with Crippen molar-refractivity contribution in [2.45, 2.75) is 26.1 Å². The smallest absolute Gasteiger partial charge is 0.420 e. The van der Waals surface area contributed by atoms with Crippen LogP contribution >= 0.6 is 0 Å². The van der Waals surface area contributed by atoms with E-state index in [2.05, 4.69) is 9.72 Å². The molecule has 1 heterocycles. The van der Waals surface area contributed by atoms with Crippen LogP contribution in [0.4, 0.5) is 19.2 Å². The monoisotopic (exact) mass is 260 g/mol. The zero-order valence-corrected chi connectivity index (χ0v) is 9.71. The molecule has 0 bridgehead atoms. The van der Waals surface area contributed by atoms with Crippen molar-refractivity contribution in [2.24, 2.45) is 0 Å². The van der Waals surface area contributed by atoms with Gasteiger partial charge in [-0.25, -0.2) is 0 Å². The van der Waals surface area contributed by atoms with Crippen LogP contribution in [0.1, 0.15) is 25.3 Å².